The molecule has 1 atom stereocenters. The summed E-state index contributed by atoms with van der Waals surface area (Å²) in [5, 5.41) is 9.47. The van der Waals surface area contributed by atoms with Crippen molar-refractivity contribution in [3.63, 3.8) is 0 Å². The second kappa shape index (κ2) is 10.4. The normalized spacial score (nSPS) is 11.9. The molecule has 0 saturated heterocycles. The Hall–Kier alpha value is -3.76. The molecule has 1 N–H and O–H groups in total. The summed E-state index contributed by atoms with van der Waals surface area (Å²) >= 11 is 1.37. The van der Waals surface area contributed by atoms with E-state index >= 15 is 0 Å². The Kier molecular flexibility index (Phi) is 7.19. The van der Waals surface area contributed by atoms with E-state index in [0.717, 1.165) is 22.5 Å². The number of anilines is 1. The quantitative estimate of drug-likeness (QED) is 0.388. The number of nitrogens with zero attached hydrogens (tertiary/aromatic N) is 5. The van der Waals surface area contributed by atoms with E-state index in [1.807, 2.05) is 59.8 Å². The minimum absolute atomic E-state index is 0.0472. The number of nitrogens with one attached hydrogen (secondary N) is 1. The summed E-state index contributed by atoms with van der Waals surface area (Å²) in [5.41, 5.74) is 3.60. The van der Waals surface area contributed by atoms with Crippen LogP contribution in [0, 0.1) is 0 Å². The topological polar surface area (TPSA) is 94.4 Å². The van der Waals surface area contributed by atoms with E-state index in [4.69, 9.17) is 9.47 Å². The molecule has 0 aliphatic heterocycles. The number of benzene rings is 2. The second-order valence-corrected chi connectivity index (χ2v) is 8.53. The number of thiazole rings is 1. The van der Waals surface area contributed by atoms with Gasteiger partial charge in [-0.1, -0.05) is 12.1 Å². The number of amides is 1. The molecule has 1 amide bonds. The predicted molar refractivity (Wildman–Crippen MR) is 132 cm³/mol. The third-order valence-electron chi connectivity index (χ3n) is 5.55. The van der Waals surface area contributed by atoms with Crippen molar-refractivity contribution in [2.75, 3.05) is 33.1 Å². The van der Waals surface area contributed by atoms with Gasteiger partial charge in [-0.25, -0.2) is 14.6 Å². The summed E-state index contributed by atoms with van der Waals surface area (Å²) in [4.78, 5) is 23.2. The first kappa shape index (κ1) is 23.4. The van der Waals surface area contributed by atoms with Crippen LogP contribution in [-0.2, 0) is 4.79 Å². The van der Waals surface area contributed by atoms with Crippen molar-refractivity contribution in [3.8, 4) is 28.4 Å². The molecular formula is C24H26N6O3S. The van der Waals surface area contributed by atoms with E-state index in [0.29, 0.717) is 16.6 Å². The van der Waals surface area contributed by atoms with Gasteiger partial charge in [-0.05, 0) is 43.8 Å². The van der Waals surface area contributed by atoms with Crippen LogP contribution in [0.3, 0.4) is 0 Å². The number of hydrogen-bond donors (Lipinski definition) is 1. The third-order valence-corrected chi connectivity index (χ3v) is 6.31. The van der Waals surface area contributed by atoms with Gasteiger partial charge in [0.25, 0.3) is 0 Å². The lowest BCUT2D eigenvalue weighted by Gasteiger charge is -2.24. The predicted octanol–water partition coefficient (Wildman–Crippen LogP) is 4.04. The van der Waals surface area contributed by atoms with Crippen molar-refractivity contribution >= 4 is 22.4 Å². The summed E-state index contributed by atoms with van der Waals surface area (Å²) in [7, 11) is 5.13. The van der Waals surface area contributed by atoms with Crippen LogP contribution in [0.1, 0.15) is 18.5 Å². The van der Waals surface area contributed by atoms with Crippen molar-refractivity contribution in [1.82, 2.24) is 24.6 Å². The Morgan fingerprint density at radius 1 is 1.18 bits per heavy atom. The molecule has 2 aromatic heterocycles. The molecule has 0 spiro atoms. The largest absolute Gasteiger partial charge is 0.497 e. The van der Waals surface area contributed by atoms with Gasteiger partial charge in [0, 0.05) is 23.1 Å². The molecule has 1 unspecified atom stereocenters. The molecule has 0 fully saturated rings. The monoisotopic (exact) mass is 478 g/mol. The summed E-state index contributed by atoms with van der Waals surface area (Å²) in [6.45, 7) is 2.29. The molecule has 0 radical (unpaired) electrons. The van der Waals surface area contributed by atoms with Crippen LogP contribution < -0.4 is 14.8 Å². The fraction of sp³-hybridized carbons (Fsp3) is 0.250. The number of ether oxygens (including phenoxy) is 2. The standard InChI is InChI=1S/C24H26N6O3S/c1-16(17-5-7-18(8-6-17)30-15-25-14-26-30)29(2)12-23(31)28-24-27-21(13-34-24)20-10-9-19(32-3)11-22(20)33-4/h5-11,13-16H,12H2,1-4H3,(H,27,28,31). The van der Waals surface area contributed by atoms with Crippen molar-refractivity contribution in [2.24, 2.45) is 0 Å². The highest BCUT2D eigenvalue weighted by atomic mass is 32.1. The van der Waals surface area contributed by atoms with Crippen molar-refractivity contribution in [1.29, 1.82) is 0 Å². The summed E-state index contributed by atoms with van der Waals surface area (Å²) < 4.78 is 12.4. The maximum absolute atomic E-state index is 12.7. The van der Waals surface area contributed by atoms with E-state index in [1.54, 1.807) is 25.2 Å². The molecule has 10 heteroatoms. The Bertz CT molecular complexity index is 1240. The van der Waals surface area contributed by atoms with Crippen LogP contribution in [0.5, 0.6) is 11.5 Å². The van der Waals surface area contributed by atoms with Crippen molar-refractivity contribution in [3.05, 3.63) is 66.1 Å². The second-order valence-electron chi connectivity index (χ2n) is 7.67. The molecule has 4 rings (SSSR count). The number of methoxy groups -OCH3 is 2. The van der Waals surface area contributed by atoms with Crippen LogP contribution in [0.25, 0.3) is 16.9 Å². The molecule has 0 saturated carbocycles. The van der Waals surface area contributed by atoms with Gasteiger partial charge >= 0.3 is 0 Å². The van der Waals surface area contributed by atoms with Gasteiger partial charge in [0.2, 0.25) is 5.91 Å². The Morgan fingerprint density at radius 3 is 2.65 bits per heavy atom. The highest BCUT2D eigenvalue weighted by Gasteiger charge is 2.17. The van der Waals surface area contributed by atoms with Crippen molar-refractivity contribution < 1.29 is 14.3 Å². The minimum Gasteiger partial charge on any atom is -0.497 e. The van der Waals surface area contributed by atoms with Crippen LogP contribution in [0.2, 0.25) is 0 Å². The number of aromatic nitrogens is 4. The smallest absolute Gasteiger partial charge is 0.240 e. The van der Waals surface area contributed by atoms with Crippen molar-refractivity contribution in [2.45, 2.75) is 13.0 Å². The van der Waals surface area contributed by atoms with Crippen LogP contribution in [0.4, 0.5) is 5.13 Å². The van der Waals surface area contributed by atoms with Crippen LogP contribution in [0.15, 0.2) is 60.5 Å². The van der Waals surface area contributed by atoms with Gasteiger partial charge in [0.1, 0.15) is 24.2 Å². The third kappa shape index (κ3) is 5.24. The fourth-order valence-electron chi connectivity index (χ4n) is 3.49. The van der Waals surface area contributed by atoms with Crippen LogP contribution in [-0.4, -0.2) is 58.4 Å². The zero-order chi connectivity index (χ0) is 24.1. The molecule has 2 heterocycles. The molecule has 34 heavy (non-hydrogen) atoms. The van der Waals surface area contributed by atoms with E-state index in [9.17, 15) is 4.79 Å². The van der Waals surface area contributed by atoms with Gasteiger partial charge in [-0.15, -0.1) is 11.3 Å². The zero-order valence-corrected chi connectivity index (χ0v) is 20.2. The average Bonchev–Trinajstić information content (AvgIpc) is 3.56. The van der Waals surface area contributed by atoms with Gasteiger partial charge in [0.15, 0.2) is 5.13 Å². The first-order valence-electron chi connectivity index (χ1n) is 10.6. The Labute approximate surface area is 202 Å². The lowest BCUT2D eigenvalue weighted by molar-refractivity contribution is -0.117. The average molecular weight is 479 g/mol. The molecule has 2 aromatic carbocycles. The van der Waals surface area contributed by atoms with E-state index in [-0.39, 0.29) is 18.5 Å². The highest BCUT2D eigenvalue weighted by molar-refractivity contribution is 7.14. The van der Waals surface area contributed by atoms with Gasteiger partial charge < -0.3 is 14.8 Å². The molecule has 9 nitrogen and oxygen atoms in total. The molecule has 0 bridgehead atoms. The minimum atomic E-state index is -0.129. The fourth-order valence-corrected chi connectivity index (χ4v) is 4.22. The number of carbonyl (C=O) groups is 1. The van der Waals surface area contributed by atoms with Gasteiger partial charge in [-0.3, -0.25) is 9.69 Å². The lowest BCUT2D eigenvalue weighted by Crippen LogP contribution is -2.32. The zero-order valence-electron chi connectivity index (χ0n) is 19.4. The summed E-state index contributed by atoms with van der Waals surface area (Å²) in [5.74, 6) is 1.23. The van der Waals surface area contributed by atoms with Gasteiger partial charge in [-0.2, -0.15) is 5.10 Å². The molecule has 0 aliphatic rings. The highest BCUT2D eigenvalue weighted by Crippen LogP contribution is 2.34. The maximum Gasteiger partial charge on any atom is 0.240 e. The van der Waals surface area contributed by atoms with Gasteiger partial charge in [0.05, 0.1) is 32.1 Å². The lowest BCUT2D eigenvalue weighted by atomic mass is 10.1. The number of likely N-dealkylation sites (N-methyl/N-ethyl adjacent to an activating group) is 1. The Morgan fingerprint density at radius 2 is 1.97 bits per heavy atom. The van der Waals surface area contributed by atoms with E-state index in [1.165, 1.54) is 17.7 Å². The van der Waals surface area contributed by atoms with E-state index in [2.05, 4.69) is 27.3 Å². The first-order valence-corrected chi connectivity index (χ1v) is 11.5. The number of carbonyl (C=O) groups excluding carboxylic acids is 1. The first-order chi connectivity index (χ1) is 16.5. The number of rotatable bonds is 9. The molecular weight excluding hydrogens is 452 g/mol. The number of hydrogen-bond acceptors (Lipinski definition) is 8. The van der Waals surface area contributed by atoms with E-state index < -0.39 is 0 Å². The molecule has 4 aromatic rings. The maximum atomic E-state index is 12.7. The molecule has 176 valence electrons. The van der Waals surface area contributed by atoms with Crippen LogP contribution >= 0.6 is 11.3 Å². The Balaban J connectivity index is 1.37. The summed E-state index contributed by atoms with van der Waals surface area (Å²) in [6.07, 6.45) is 3.16. The summed E-state index contributed by atoms with van der Waals surface area (Å²) in [6, 6.07) is 13.6. The SMILES string of the molecule is COc1ccc(-c2csc(NC(=O)CN(C)C(C)c3ccc(-n4cncn4)cc3)n2)c(OC)c1. The molecule has 0 aliphatic carbocycles.